The van der Waals surface area contributed by atoms with Gasteiger partial charge in [-0.05, 0) is 74.4 Å². The number of aryl methyl sites for hydroxylation is 1. The minimum atomic E-state index is -0.223. The third-order valence-electron chi connectivity index (χ3n) is 7.24. The Hall–Kier alpha value is -3.75. The fraction of sp³-hybridized carbons (Fsp3) is 0.515. The molecule has 1 N–H and O–H groups in total. The Morgan fingerprint density at radius 2 is 1.52 bits per heavy atom. The SMILES string of the molecule is C(=NC1CCCCC1)=NC1CCCCC1.CCOC(=O)CCc1ccc(NC(=O)c2cccc(CC#N)c2)cc1. The first-order valence-electron chi connectivity index (χ1n) is 14.7. The Bertz CT molecular complexity index is 1140. The number of nitrogens with zero attached hydrogens (tertiary/aromatic N) is 3. The topological polar surface area (TPSA) is 104 Å². The Labute approximate surface area is 238 Å². The summed E-state index contributed by atoms with van der Waals surface area (Å²) in [4.78, 5) is 32.6. The minimum Gasteiger partial charge on any atom is -0.466 e. The van der Waals surface area contributed by atoms with E-state index >= 15 is 0 Å². The highest BCUT2D eigenvalue weighted by Gasteiger charge is 2.13. The number of carbonyl (C=O) groups is 2. The summed E-state index contributed by atoms with van der Waals surface area (Å²) in [6.07, 6.45) is 14.4. The van der Waals surface area contributed by atoms with Crippen molar-refractivity contribution in [3.8, 4) is 6.07 Å². The largest absolute Gasteiger partial charge is 0.466 e. The Morgan fingerprint density at radius 3 is 2.10 bits per heavy atom. The van der Waals surface area contributed by atoms with Crippen LogP contribution in [0.1, 0.15) is 99.0 Å². The van der Waals surface area contributed by atoms with E-state index in [0.717, 1.165) is 11.1 Å². The molecule has 0 saturated heterocycles. The molecular weight excluding hydrogens is 500 g/mol. The molecule has 2 fully saturated rings. The number of anilines is 1. The van der Waals surface area contributed by atoms with Crippen LogP contribution in [0.4, 0.5) is 5.69 Å². The van der Waals surface area contributed by atoms with E-state index in [1.807, 2.05) is 18.2 Å². The highest BCUT2D eigenvalue weighted by molar-refractivity contribution is 6.04. The van der Waals surface area contributed by atoms with Gasteiger partial charge in [0.15, 0.2) is 0 Å². The highest BCUT2D eigenvalue weighted by Crippen LogP contribution is 2.21. The van der Waals surface area contributed by atoms with Crippen molar-refractivity contribution in [2.24, 2.45) is 9.98 Å². The van der Waals surface area contributed by atoms with Crippen molar-refractivity contribution in [3.05, 3.63) is 65.2 Å². The summed E-state index contributed by atoms with van der Waals surface area (Å²) in [6.45, 7) is 2.17. The van der Waals surface area contributed by atoms with Crippen LogP contribution in [0.25, 0.3) is 0 Å². The number of hydrogen-bond acceptors (Lipinski definition) is 6. The van der Waals surface area contributed by atoms with Crippen LogP contribution < -0.4 is 5.32 Å². The maximum absolute atomic E-state index is 12.3. The number of esters is 1. The van der Waals surface area contributed by atoms with Crippen LogP contribution in [0.15, 0.2) is 58.5 Å². The third kappa shape index (κ3) is 11.6. The molecule has 0 heterocycles. The molecule has 2 saturated carbocycles. The van der Waals surface area contributed by atoms with Crippen molar-refractivity contribution < 1.29 is 14.3 Å². The standard InChI is InChI=1S/C20H20N2O3.C13H22N2/c1-2-25-19(23)11-8-15-6-9-18(10-7-15)22-20(24)17-5-3-4-16(14-17)12-13-21;1-3-7-12(8-4-1)14-11-15-13-9-5-2-6-10-13/h3-7,9-10,14H,2,8,11-12H2,1H3,(H,22,24);12-13H,1-10H2. The number of amides is 1. The second-order valence-electron chi connectivity index (χ2n) is 10.4. The van der Waals surface area contributed by atoms with Crippen LogP contribution in [-0.2, 0) is 22.4 Å². The fourth-order valence-electron chi connectivity index (χ4n) is 4.97. The lowest BCUT2D eigenvalue weighted by atomic mass is 9.96. The average Bonchev–Trinajstić information content (AvgIpc) is 2.99. The van der Waals surface area contributed by atoms with E-state index < -0.39 is 0 Å². The van der Waals surface area contributed by atoms with Gasteiger partial charge in [-0.3, -0.25) is 9.59 Å². The molecule has 2 aliphatic carbocycles. The first-order chi connectivity index (χ1) is 19.6. The predicted octanol–water partition coefficient (Wildman–Crippen LogP) is 7.33. The average molecular weight is 543 g/mol. The molecule has 2 aliphatic rings. The Balaban J connectivity index is 0.000000249. The minimum absolute atomic E-state index is 0.211. The molecule has 0 spiro atoms. The number of nitriles is 1. The molecule has 0 radical (unpaired) electrons. The van der Waals surface area contributed by atoms with Gasteiger partial charge in [-0.2, -0.15) is 5.26 Å². The monoisotopic (exact) mass is 542 g/mol. The number of hydrogen-bond donors (Lipinski definition) is 1. The fourth-order valence-corrected chi connectivity index (χ4v) is 4.97. The molecule has 7 nitrogen and oxygen atoms in total. The second-order valence-corrected chi connectivity index (χ2v) is 10.4. The number of benzene rings is 2. The first-order valence-corrected chi connectivity index (χ1v) is 14.7. The Morgan fingerprint density at radius 1 is 0.900 bits per heavy atom. The molecule has 0 atom stereocenters. The van der Waals surface area contributed by atoms with E-state index in [0.29, 0.717) is 42.8 Å². The van der Waals surface area contributed by atoms with E-state index in [1.165, 1.54) is 64.2 Å². The summed E-state index contributed by atoms with van der Waals surface area (Å²) in [7, 11) is 0. The maximum Gasteiger partial charge on any atom is 0.306 e. The van der Waals surface area contributed by atoms with Crippen molar-refractivity contribution in [2.45, 2.75) is 102 Å². The molecule has 2 aromatic carbocycles. The van der Waals surface area contributed by atoms with Crippen LogP contribution >= 0.6 is 0 Å². The van der Waals surface area contributed by atoms with Gasteiger partial charge in [0, 0.05) is 17.7 Å². The molecule has 1 amide bonds. The molecule has 0 bridgehead atoms. The lowest BCUT2D eigenvalue weighted by Crippen LogP contribution is -2.12. The summed E-state index contributed by atoms with van der Waals surface area (Å²) < 4.78 is 4.90. The number of nitrogens with one attached hydrogen (secondary N) is 1. The van der Waals surface area contributed by atoms with Crippen molar-refractivity contribution >= 4 is 23.6 Å². The van der Waals surface area contributed by atoms with Gasteiger partial charge in [-0.1, -0.05) is 62.8 Å². The van der Waals surface area contributed by atoms with Gasteiger partial charge in [0.25, 0.3) is 5.91 Å². The summed E-state index contributed by atoms with van der Waals surface area (Å²) in [5.41, 5.74) is 3.00. The summed E-state index contributed by atoms with van der Waals surface area (Å²) >= 11 is 0. The van der Waals surface area contributed by atoms with Crippen LogP contribution in [0, 0.1) is 11.3 Å². The Kier molecular flexibility index (Phi) is 13.7. The van der Waals surface area contributed by atoms with Gasteiger partial charge in [0.05, 0.1) is 37.2 Å². The van der Waals surface area contributed by atoms with E-state index in [1.54, 1.807) is 37.3 Å². The first kappa shape index (κ1) is 30.8. The molecule has 0 unspecified atom stereocenters. The van der Waals surface area contributed by atoms with Gasteiger partial charge < -0.3 is 10.1 Å². The number of ether oxygens (including phenoxy) is 1. The number of carbonyl (C=O) groups excluding carboxylic acids is 2. The van der Waals surface area contributed by atoms with Gasteiger partial charge in [-0.15, -0.1) is 0 Å². The lowest BCUT2D eigenvalue weighted by molar-refractivity contribution is -0.143. The molecule has 2 aromatic rings. The predicted molar refractivity (Wildman–Crippen MR) is 159 cm³/mol. The van der Waals surface area contributed by atoms with Crippen LogP contribution in [0.5, 0.6) is 0 Å². The van der Waals surface area contributed by atoms with Crippen LogP contribution in [0.2, 0.25) is 0 Å². The third-order valence-corrected chi connectivity index (χ3v) is 7.24. The van der Waals surface area contributed by atoms with E-state index in [-0.39, 0.29) is 18.3 Å². The van der Waals surface area contributed by atoms with Crippen molar-refractivity contribution in [3.63, 3.8) is 0 Å². The lowest BCUT2D eigenvalue weighted by Gasteiger charge is -2.17. The molecule has 0 aliphatic heterocycles. The smallest absolute Gasteiger partial charge is 0.306 e. The van der Waals surface area contributed by atoms with Crippen molar-refractivity contribution in [1.29, 1.82) is 5.26 Å². The van der Waals surface area contributed by atoms with Gasteiger partial charge in [0.2, 0.25) is 0 Å². The molecule has 4 rings (SSSR count). The number of rotatable bonds is 9. The van der Waals surface area contributed by atoms with E-state index in [9.17, 15) is 9.59 Å². The summed E-state index contributed by atoms with van der Waals surface area (Å²) in [6, 6.07) is 20.5. The zero-order valence-corrected chi connectivity index (χ0v) is 23.7. The normalized spacial score (nSPS) is 15.4. The molecule has 40 heavy (non-hydrogen) atoms. The van der Waals surface area contributed by atoms with Crippen molar-refractivity contribution in [2.75, 3.05) is 11.9 Å². The van der Waals surface area contributed by atoms with Crippen LogP contribution in [-0.4, -0.2) is 36.6 Å². The zero-order chi connectivity index (χ0) is 28.4. The summed E-state index contributed by atoms with van der Waals surface area (Å²) in [5, 5.41) is 11.6. The maximum atomic E-state index is 12.3. The van der Waals surface area contributed by atoms with Gasteiger partial charge in [0.1, 0.15) is 0 Å². The zero-order valence-electron chi connectivity index (χ0n) is 23.7. The van der Waals surface area contributed by atoms with Gasteiger partial charge >= 0.3 is 5.97 Å². The molecule has 212 valence electrons. The number of aliphatic imine (C=N–C) groups is 2. The van der Waals surface area contributed by atoms with Gasteiger partial charge in [-0.25, -0.2) is 9.98 Å². The highest BCUT2D eigenvalue weighted by atomic mass is 16.5. The molecule has 7 heteroatoms. The van der Waals surface area contributed by atoms with Crippen LogP contribution in [0.3, 0.4) is 0 Å². The van der Waals surface area contributed by atoms with Crippen molar-refractivity contribution in [1.82, 2.24) is 0 Å². The summed E-state index contributed by atoms with van der Waals surface area (Å²) in [5.74, 6) is -0.434. The van der Waals surface area contributed by atoms with E-state index in [4.69, 9.17) is 10.00 Å². The van der Waals surface area contributed by atoms with E-state index in [2.05, 4.69) is 27.4 Å². The molecule has 0 aromatic heterocycles. The molecular formula is C33H42N4O3. The second kappa shape index (κ2) is 17.8. The quantitative estimate of drug-likeness (QED) is 0.265.